The van der Waals surface area contributed by atoms with Crippen LogP contribution in [0.2, 0.25) is 0 Å². The molecule has 0 saturated carbocycles. The first-order valence-electron chi connectivity index (χ1n) is 7.04. The Balaban J connectivity index is 0.00000121. The van der Waals surface area contributed by atoms with Crippen LogP contribution < -0.4 is 5.32 Å². The van der Waals surface area contributed by atoms with Gasteiger partial charge in [-0.2, -0.15) is 0 Å². The molecule has 3 nitrogen and oxygen atoms in total. The highest BCUT2D eigenvalue weighted by Gasteiger charge is 2.27. The van der Waals surface area contributed by atoms with E-state index in [4.69, 9.17) is 0 Å². The van der Waals surface area contributed by atoms with E-state index in [1.807, 2.05) is 19.1 Å². The Hall–Kier alpha value is -0.780. The van der Waals surface area contributed by atoms with Crippen LogP contribution in [0.1, 0.15) is 22.0 Å². The van der Waals surface area contributed by atoms with E-state index in [2.05, 4.69) is 33.8 Å². The number of benzene rings is 1. The molecule has 0 spiro atoms. The van der Waals surface area contributed by atoms with E-state index in [1.54, 1.807) is 11.3 Å². The number of aryl methyl sites for hydroxylation is 1. The van der Waals surface area contributed by atoms with Crippen LogP contribution in [0.25, 0.3) is 0 Å². The number of aromatic hydroxyl groups is 1. The minimum Gasteiger partial charge on any atom is -0.507 e. The van der Waals surface area contributed by atoms with Gasteiger partial charge in [-0.05, 0) is 23.9 Å². The topological polar surface area (TPSA) is 35.5 Å². The Labute approximate surface area is 148 Å². The van der Waals surface area contributed by atoms with E-state index in [9.17, 15) is 5.11 Å². The van der Waals surface area contributed by atoms with Gasteiger partial charge >= 0.3 is 0 Å². The van der Waals surface area contributed by atoms with Gasteiger partial charge < -0.3 is 10.4 Å². The first-order valence-corrected chi connectivity index (χ1v) is 7.92. The smallest absolute Gasteiger partial charge is 0.123 e. The molecule has 6 heteroatoms. The number of halogens is 2. The fourth-order valence-corrected chi connectivity index (χ4v) is 3.70. The zero-order valence-corrected chi connectivity index (χ0v) is 14.9. The number of nitrogens with zero attached hydrogens (tertiary/aromatic N) is 1. The Morgan fingerprint density at radius 1 is 1.14 bits per heavy atom. The highest BCUT2D eigenvalue weighted by Crippen LogP contribution is 2.37. The van der Waals surface area contributed by atoms with Crippen molar-refractivity contribution in [2.24, 2.45) is 0 Å². The third kappa shape index (κ3) is 3.94. The van der Waals surface area contributed by atoms with Crippen LogP contribution >= 0.6 is 36.2 Å². The first kappa shape index (κ1) is 19.3. The Morgan fingerprint density at radius 3 is 2.50 bits per heavy atom. The van der Waals surface area contributed by atoms with Crippen molar-refractivity contribution in [3.05, 3.63) is 51.7 Å². The number of nitrogens with one attached hydrogen (secondary N) is 1. The molecule has 1 saturated heterocycles. The molecule has 1 aromatic heterocycles. The van der Waals surface area contributed by atoms with Crippen molar-refractivity contribution >= 4 is 36.2 Å². The van der Waals surface area contributed by atoms with Gasteiger partial charge in [0.15, 0.2) is 0 Å². The monoisotopic (exact) mass is 360 g/mol. The maximum atomic E-state index is 10.5. The predicted molar refractivity (Wildman–Crippen MR) is 97.9 cm³/mol. The average Bonchev–Trinajstić information content (AvgIpc) is 2.99. The molecule has 122 valence electrons. The Morgan fingerprint density at radius 2 is 1.86 bits per heavy atom. The van der Waals surface area contributed by atoms with Crippen LogP contribution in [0.5, 0.6) is 5.75 Å². The van der Waals surface area contributed by atoms with E-state index >= 15 is 0 Å². The van der Waals surface area contributed by atoms with Crippen molar-refractivity contribution in [1.82, 2.24) is 10.2 Å². The number of hydrogen-bond acceptors (Lipinski definition) is 4. The summed E-state index contributed by atoms with van der Waals surface area (Å²) < 4.78 is 0. The number of rotatable bonds is 3. The SMILES string of the molecule is Cc1cccc([C@@H](c2cccs2)N2CCNCC2)c1O.Cl.Cl. The number of thiophene rings is 1. The third-order valence-electron chi connectivity index (χ3n) is 3.89. The average molecular weight is 361 g/mol. The van der Waals surface area contributed by atoms with Crippen molar-refractivity contribution in [3.63, 3.8) is 0 Å². The molecule has 3 rings (SSSR count). The highest BCUT2D eigenvalue weighted by atomic mass is 35.5. The molecule has 2 aromatic rings. The predicted octanol–water partition coefficient (Wildman–Crippen LogP) is 3.60. The number of phenolic OH excluding ortho intramolecular Hbond substituents is 1. The second-order valence-electron chi connectivity index (χ2n) is 5.22. The van der Waals surface area contributed by atoms with Crippen molar-refractivity contribution in [2.45, 2.75) is 13.0 Å². The summed E-state index contributed by atoms with van der Waals surface area (Å²) in [6.45, 7) is 6.00. The van der Waals surface area contributed by atoms with Crippen LogP contribution in [0.15, 0.2) is 35.7 Å². The molecule has 22 heavy (non-hydrogen) atoms. The lowest BCUT2D eigenvalue weighted by Gasteiger charge is -2.35. The van der Waals surface area contributed by atoms with Crippen LogP contribution in [-0.2, 0) is 0 Å². The Bertz CT molecular complexity index is 572. The summed E-state index contributed by atoms with van der Waals surface area (Å²) in [4.78, 5) is 3.75. The summed E-state index contributed by atoms with van der Waals surface area (Å²) >= 11 is 1.76. The summed E-state index contributed by atoms with van der Waals surface area (Å²) in [5.74, 6) is 0.435. The minimum atomic E-state index is 0. The quantitative estimate of drug-likeness (QED) is 0.877. The zero-order valence-electron chi connectivity index (χ0n) is 12.5. The number of phenols is 1. The second-order valence-corrected chi connectivity index (χ2v) is 6.20. The molecule has 1 aliphatic heterocycles. The molecule has 0 unspecified atom stereocenters. The van der Waals surface area contributed by atoms with Crippen molar-refractivity contribution < 1.29 is 5.11 Å². The molecular weight excluding hydrogens is 339 g/mol. The summed E-state index contributed by atoms with van der Waals surface area (Å²) in [5, 5.41) is 16.0. The normalized spacial score (nSPS) is 16.4. The van der Waals surface area contributed by atoms with Crippen LogP contribution in [0, 0.1) is 6.92 Å². The number of piperazine rings is 1. The first-order chi connectivity index (χ1) is 9.77. The number of para-hydroxylation sites is 1. The van der Waals surface area contributed by atoms with Gasteiger partial charge in [-0.3, -0.25) is 4.90 Å². The molecule has 0 amide bonds. The largest absolute Gasteiger partial charge is 0.507 e. The molecule has 1 aromatic carbocycles. The fraction of sp³-hybridized carbons (Fsp3) is 0.375. The molecule has 1 fully saturated rings. The van der Waals surface area contributed by atoms with Crippen molar-refractivity contribution in [1.29, 1.82) is 0 Å². The van der Waals surface area contributed by atoms with E-state index in [1.165, 1.54) is 4.88 Å². The van der Waals surface area contributed by atoms with Gasteiger partial charge in [0.2, 0.25) is 0 Å². The summed E-state index contributed by atoms with van der Waals surface area (Å²) in [7, 11) is 0. The lowest BCUT2D eigenvalue weighted by molar-refractivity contribution is 0.198. The van der Waals surface area contributed by atoms with Gasteiger partial charge in [-0.15, -0.1) is 36.2 Å². The summed E-state index contributed by atoms with van der Waals surface area (Å²) in [5.41, 5.74) is 1.97. The molecular formula is C16H22Cl2N2OS. The molecule has 1 atom stereocenters. The lowest BCUT2D eigenvalue weighted by Crippen LogP contribution is -2.45. The van der Waals surface area contributed by atoms with Crippen molar-refractivity contribution in [3.8, 4) is 5.75 Å². The maximum absolute atomic E-state index is 10.5. The van der Waals surface area contributed by atoms with Gasteiger partial charge in [0, 0.05) is 36.6 Å². The molecule has 1 aliphatic rings. The van der Waals surface area contributed by atoms with Gasteiger partial charge in [0.1, 0.15) is 5.75 Å². The van der Waals surface area contributed by atoms with Crippen LogP contribution in [0.4, 0.5) is 0 Å². The zero-order chi connectivity index (χ0) is 13.9. The summed E-state index contributed by atoms with van der Waals surface area (Å²) in [6.07, 6.45) is 0. The van der Waals surface area contributed by atoms with E-state index in [-0.39, 0.29) is 30.9 Å². The van der Waals surface area contributed by atoms with Crippen LogP contribution in [0.3, 0.4) is 0 Å². The van der Waals surface area contributed by atoms with Gasteiger partial charge in [0.25, 0.3) is 0 Å². The van der Waals surface area contributed by atoms with Gasteiger partial charge in [-0.25, -0.2) is 0 Å². The lowest BCUT2D eigenvalue weighted by atomic mass is 9.99. The number of hydrogen-bond donors (Lipinski definition) is 2. The fourth-order valence-electron chi connectivity index (χ4n) is 2.82. The second kappa shape index (κ2) is 8.75. The molecule has 2 N–H and O–H groups in total. The standard InChI is InChI=1S/C16H20N2OS.2ClH/c1-12-4-2-5-13(16(12)19)15(14-6-3-11-20-14)18-9-7-17-8-10-18;;/h2-6,11,15,17,19H,7-10H2,1H3;2*1H/t15-;;/m0../s1. The third-order valence-corrected chi connectivity index (χ3v) is 4.82. The minimum absolute atomic E-state index is 0. The van der Waals surface area contributed by atoms with E-state index < -0.39 is 0 Å². The Kier molecular flexibility index (Phi) is 7.66. The van der Waals surface area contributed by atoms with Gasteiger partial charge in [0.05, 0.1) is 6.04 Å². The molecule has 0 bridgehead atoms. The van der Waals surface area contributed by atoms with Crippen molar-refractivity contribution in [2.75, 3.05) is 26.2 Å². The molecule has 2 heterocycles. The molecule has 0 aliphatic carbocycles. The van der Waals surface area contributed by atoms with E-state index in [0.29, 0.717) is 5.75 Å². The highest BCUT2D eigenvalue weighted by molar-refractivity contribution is 7.10. The van der Waals surface area contributed by atoms with Gasteiger partial charge in [-0.1, -0.05) is 24.3 Å². The van der Waals surface area contributed by atoms with E-state index in [0.717, 1.165) is 37.3 Å². The molecule has 0 radical (unpaired) electrons. The van der Waals surface area contributed by atoms with Crippen LogP contribution in [-0.4, -0.2) is 36.2 Å². The maximum Gasteiger partial charge on any atom is 0.123 e. The summed E-state index contributed by atoms with van der Waals surface area (Å²) in [6, 6.07) is 10.5.